The van der Waals surface area contributed by atoms with E-state index < -0.39 is 6.10 Å². The first kappa shape index (κ1) is 17.5. The standard InChI is InChI=1S/C15H28N4O2/c1-10(20)7-8-16-14(21)17-11(2)13-9-19(15(4,5)6)18-12(13)3/h9-11,20H,7-8H2,1-6H3,(H2,16,17,21)/t10-,11+/m0/s1. The van der Waals surface area contributed by atoms with Gasteiger partial charge in [-0.15, -0.1) is 0 Å². The number of aliphatic hydroxyl groups excluding tert-OH is 1. The summed E-state index contributed by atoms with van der Waals surface area (Å²) in [5.74, 6) is 0. The van der Waals surface area contributed by atoms with Crippen LogP contribution in [0.1, 0.15) is 58.3 Å². The van der Waals surface area contributed by atoms with Crippen LogP contribution >= 0.6 is 0 Å². The Kier molecular flexibility index (Phi) is 5.78. The molecule has 0 aliphatic heterocycles. The van der Waals surface area contributed by atoms with Gasteiger partial charge in [0.2, 0.25) is 0 Å². The molecule has 0 aliphatic carbocycles. The van der Waals surface area contributed by atoms with E-state index in [1.165, 1.54) is 0 Å². The van der Waals surface area contributed by atoms with Crippen LogP contribution in [0, 0.1) is 6.92 Å². The lowest BCUT2D eigenvalue weighted by atomic mass is 10.1. The fourth-order valence-corrected chi connectivity index (χ4v) is 1.96. The third kappa shape index (κ3) is 5.38. The van der Waals surface area contributed by atoms with Crippen molar-refractivity contribution in [2.75, 3.05) is 6.54 Å². The van der Waals surface area contributed by atoms with Crippen molar-refractivity contribution in [2.45, 2.75) is 65.6 Å². The number of urea groups is 1. The normalized spacial score (nSPS) is 14.6. The van der Waals surface area contributed by atoms with Crippen molar-refractivity contribution in [2.24, 2.45) is 0 Å². The summed E-state index contributed by atoms with van der Waals surface area (Å²) in [6.45, 7) is 12.3. The second kappa shape index (κ2) is 6.93. The number of nitrogens with one attached hydrogen (secondary N) is 2. The first-order valence-corrected chi connectivity index (χ1v) is 7.40. The van der Waals surface area contributed by atoms with Crippen LogP contribution in [0.25, 0.3) is 0 Å². The Morgan fingerprint density at radius 2 is 2.05 bits per heavy atom. The second-order valence-corrected chi connectivity index (χ2v) is 6.54. The molecule has 0 aromatic carbocycles. The summed E-state index contributed by atoms with van der Waals surface area (Å²) in [6, 6.07) is -0.348. The van der Waals surface area contributed by atoms with Gasteiger partial charge in [0.25, 0.3) is 0 Å². The van der Waals surface area contributed by atoms with Crippen LogP contribution in [-0.2, 0) is 5.54 Å². The monoisotopic (exact) mass is 296 g/mol. The zero-order valence-electron chi connectivity index (χ0n) is 13.9. The summed E-state index contributed by atoms with van der Waals surface area (Å²) in [5, 5.41) is 19.3. The lowest BCUT2D eigenvalue weighted by Crippen LogP contribution is -2.38. The molecule has 6 heteroatoms. The Balaban J connectivity index is 2.61. The Morgan fingerprint density at radius 1 is 1.43 bits per heavy atom. The van der Waals surface area contributed by atoms with Gasteiger partial charge in [0.05, 0.1) is 23.4 Å². The third-order valence-electron chi connectivity index (χ3n) is 3.29. The second-order valence-electron chi connectivity index (χ2n) is 6.54. The zero-order valence-corrected chi connectivity index (χ0v) is 13.9. The average molecular weight is 296 g/mol. The van der Waals surface area contributed by atoms with E-state index in [9.17, 15) is 4.79 Å². The van der Waals surface area contributed by atoms with E-state index in [4.69, 9.17) is 5.11 Å². The third-order valence-corrected chi connectivity index (χ3v) is 3.29. The molecule has 0 unspecified atom stereocenters. The highest BCUT2D eigenvalue weighted by Crippen LogP contribution is 2.20. The fourth-order valence-electron chi connectivity index (χ4n) is 1.96. The highest BCUT2D eigenvalue weighted by Gasteiger charge is 2.20. The zero-order chi connectivity index (χ0) is 16.2. The molecule has 0 bridgehead atoms. The summed E-state index contributed by atoms with van der Waals surface area (Å²) in [6.07, 6.45) is 2.12. The number of amides is 2. The molecule has 120 valence electrons. The Morgan fingerprint density at radius 3 is 2.52 bits per heavy atom. The first-order chi connectivity index (χ1) is 9.61. The van der Waals surface area contributed by atoms with Gasteiger partial charge < -0.3 is 15.7 Å². The van der Waals surface area contributed by atoms with E-state index in [1.807, 2.05) is 24.7 Å². The van der Waals surface area contributed by atoms with Crippen molar-refractivity contribution in [3.05, 3.63) is 17.5 Å². The van der Waals surface area contributed by atoms with Crippen molar-refractivity contribution in [1.29, 1.82) is 0 Å². The minimum absolute atomic E-state index is 0.0811. The highest BCUT2D eigenvalue weighted by atomic mass is 16.3. The number of aromatic nitrogens is 2. The first-order valence-electron chi connectivity index (χ1n) is 7.40. The van der Waals surface area contributed by atoms with Gasteiger partial charge in [0.15, 0.2) is 0 Å². The number of aliphatic hydroxyl groups is 1. The van der Waals surface area contributed by atoms with Gasteiger partial charge >= 0.3 is 6.03 Å². The molecule has 3 N–H and O–H groups in total. The molecule has 2 atom stereocenters. The molecule has 6 nitrogen and oxygen atoms in total. The van der Waals surface area contributed by atoms with Crippen LogP contribution in [0.5, 0.6) is 0 Å². The summed E-state index contributed by atoms with van der Waals surface area (Å²) >= 11 is 0. The molecule has 0 aliphatic rings. The van der Waals surface area contributed by atoms with Gasteiger partial charge in [-0.2, -0.15) is 5.10 Å². The smallest absolute Gasteiger partial charge is 0.315 e. The predicted molar refractivity (Wildman–Crippen MR) is 83.2 cm³/mol. The molecular formula is C15H28N4O2. The molecule has 1 rings (SSSR count). The minimum Gasteiger partial charge on any atom is -0.393 e. The SMILES string of the molecule is Cc1nn(C(C)(C)C)cc1[C@@H](C)NC(=O)NCC[C@H](C)O. The van der Waals surface area contributed by atoms with E-state index in [1.54, 1.807) is 6.92 Å². The van der Waals surface area contributed by atoms with Crippen LogP contribution < -0.4 is 10.6 Å². The molecule has 1 aromatic heterocycles. The van der Waals surface area contributed by atoms with Gasteiger partial charge in [-0.05, 0) is 48.0 Å². The molecule has 2 amide bonds. The van der Waals surface area contributed by atoms with Crippen LogP contribution in [0.3, 0.4) is 0 Å². The molecular weight excluding hydrogens is 268 g/mol. The molecule has 0 spiro atoms. The maximum absolute atomic E-state index is 11.8. The maximum atomic E-state index is 11.8. The van der Waals surface area contributed by atoms with Crippen molar-refractivity contribution in [3.8, 4) is 0 Å². The predicted octanol–water partition coefficient (Wildman–Crippen LogP) is 2.08. The average Bonchev–Trinajstić information content (AvgIpc) is 2.70. The summed E-state index contributed by atoms with van der Waals surface area (Å²) in [4.78, 5) is 11.8. The number of hydrogen-bond donors (Lipinski definition) is 3. The van der Waals surface area contributed by atoms with Gasteiger partial charge in [-0.25, -0.2) is 4.79 Å². The molecule has 0 radical (unpaired) electrons. The molecule has 0 saturated carbocycles. The highest BCUT2D eigenvalue weighted by molar-refractivity contribution is 5.74. The van der Waals surface area contributed by atoms with Gasteiger partial charge in [0, 0.05) is 18.3 Å². The van der Waals surface area contributed by atoms with Crippen molar-refractivity contribution < 1.29 is 9.90 Å². The lowest BCUT2D eigenvalue weighted by Gasteiger charge is -2.19. The molecule has 1 heterocycles. The van der Waals surface area contributed by atoms with Crippen LogP contribution in [-0.4, -0.2) is 33.6 Å². The molecule has 0 fully saturated rings. The fraction of sp³-hybridized carbons (Fsp3) is 0.733. The summed E-state index contributed by atoms with van der Waals surface area (Å²) in [5.41, 5.74) is 1.85. The van der Waals surface area contributed by atoms with Crippen molar-refractivity contribution in [1.82, 2.24) is 20.4 Å². The number of hydrogen-bond acceptors (Lipinski definition) is 3. The van der Waals surface area contributed by atoms with Crippen molar-refractivity contribution in [3.63, 3.8) is 0 Å². The maximum Gasteiger partial charge on any atom is 0.315 e. The van der Waals surface area contributed by atoms with Gasteiger partial charge in [-0.3, -0.25) is 4.68 Å². The topological polar surface area (TPSA) is 79.2 Å². The number of carbonyl (C=O) groups excluding carboxylic acids is 1. The Labute approximate surface area is 126 Å². The quantitative estimate of drug-likeness (QED) is 0.778. The van der Waals surface area contributed by atoms with Crippen LogP contribution in [0.15, 0.2) is 6.20 Å². The lowest BCUT2D eigenvalue weighted by molar-refractivity contribution is 0.183. The Hall–Kier alpha value is -1.56. The largest absolute Gasteiger partial charge is 0.393 e. The minimum atomic E-state index is -0.407. The van der Waals surface area contributed by atoms with E-state index in [2.05, 4.69) is 36.5 Å². The number of rotatable bonds is 5. The van der Waals surface area contributed by atoms with Crippen LogP contribution in [0.2, 0.25) is 0 Å². The number of aryl methyl sites for hydroxylation is 1. The van der Waals surface area contributed by atoms with Crippen LogP contribution in [0.4, 0.5) is 4.79 Å². The van der Waals surface area contributed by atoms with Gasteiger partial charge in [0.1, 0.15) is 0 Å². The van der Waals surface area contributed by atoms with E-state index in [0.717, 1.165) is 11.3 Å². The van der Waals surface area contributed by atoms with E-state index >= 15 is 0 Å². The van der Waals surface area contributed by atoms with Gasteiger partial charge in [-0.1, -0.05) is 0 Å². The Bertz CT molecular complexity index is 475. The van der Waals surface area contributed by atoms with E-state index in [-0.39, 0.29) is 17.6 Å². The van der Waals surface area contributed by atoms with E-state index in [0.29, 0.717) is 13.0 Å². The number of nitrogens with zero attached hydrogens (tertiary/aromatic N) is 2. The number of carbonyl (C=O) groups is 1. The summed E-state index contributed by atoms with van der Waals surface area (Å²) < 4.78 is 1.92. The molecule has 1 aromatic rings. The van der Waals surface area contributed by atoms with Crippen molar-refractivity contribution >= 4 is 6.03 Å². The molecule has 21 heavy (non-hydrogen) atoms. The summed E-state index contributed by atoms with van der Waals surface area (Å²) in [7, 11) is 0. The molecule has 0 saturated heterocycles.